The smallest absolute Gasteiger partial charge is 0.319 e. The average Bonchev–Trinajstić information content (AvgIpc) is 3.27. The van der Waals surface area contributed by atoms with E-state index in [4.69, 9.17) is 0 Å². The number of rotatable bonds is 7. The highest BCUT2D eigenvalue weighted by atomic mass is 16.2. The first-order valence-electron chi connectivity index (χ1n) is 10.7. The lowest BCUT2D eigenvalue weighted by Crippen LogP contribution is -2.51. The molecule has 0 aromatic heterocycles. The Morgan fingerprint density at radius 1 is 1.00 bits per heavy atom. The Balaban J connectivity index is 1.66. The van der Waals surface area contributed by atoms with E-state index in [9.17, 15) is 9.59 Å². The molecule has 0 aliphatic carbocycles. The van der Waals surface area contributed by atoms with Gasteiger partial charge in [0.2, 0.25) is 5.91 Å². The molecule has 30 heavy (non-hydrogen) atoms. The molecule has 160 valence electrons. The zero-order valence-electron chi connectivity index (χ0n) is 18.1. The van der Waals surface area contributed by atoms with Gasteiger partial charge < -0.3 is 20.4 Å². The predicted molar refractivity (Wildman–Crippen MR) is 122 cm³/mol. The Morgan fingerprint density at radius 3 is 2.30 bits per heavy atom. The molecule has 0 radical (unpaired) electrons. The molecule has 3 rings (SSSR count). The summed E-state index contributed by atoms with van der Waals surface area (Å²) < 4.78 is 0. The third-order valence-electron chi connectivity index (χ3n) is 5.47. The number of para-hydroxylation sites is 2. The predicted octanol–water partition coefficient (Wildman–Crippen LogP) is 4.09. The number of carbonyl (C=O) groups is 2. The van der Waals surface area contributed by atoms with Crippen molar-refractivity contribution in [1.82, 2.24) is 10.2 Å². The number of carbonyl (C=O) groups excluding carboxylic acids is 2. The second-order valence-electron chi connectivity index (χ2n) is 8.20. The standard InChI is InChI=1S/C24H32N4O2/c1-18(2)22(26-24(30)25-20-12-5-4-6-13-20)23(29)27(3)17-19-11-7-8-14-21(19)28-15-9-10-16-28/h4-8,11-14,18,22H,9-10,15-17H2,1-3H3,(H2,25,26,30). The molecule has 2 aromatic carbocycles. The number of benzene rings is 2. The van der Waals surface area contributed by atoms with E-state index in [2.05, 4.69) is 27.7 Å². The minimum absolute atomic E-state index is 0.0321. The van der Waals surface area contributed by atoms with Crippen LogP contribution in [0.3, 0.4) is 0 Å². The number of urea groups is 1. The Bertz CT molecular complexity index is 847. The van der Waals surface area contributed by atoms with Crippen molar-refractivity contribution in [2.75, 3.05) is 30.4 Å². The molecule has 0 saturated carbocycles. The van der Waals surface area contributed by atoms with E-state index in [0.717, 1.165) is 18.7 Å². The van der Waals surface area contributed by atoms with Crippen molar-refractivity contribution >= 4 is 23.3 Å². The van der Waals surface area contributed by atoms with Crippen LogP contribution < -0.4 is 15.5 Å². The van der Waals surface area contributed by atoms with Gasteiger partial charge in [-0.15, -0.1) is 0 Å². The topological polar surface area (TPSA) is 64.7 Å². The van der Waals surface area contributed by atoms with Gasteiger partial charge in [0.15, 0.2) is 0 Å². The second kappa shape index (κ2) is 10.1. The van der Waals surface area contributed by atoms with Crippen molar-refractivity contribution in [3.63, 3.8) is 0 Å². The summed E-state index contributed by atoms with van der Waals surface area (Å²) in [6.07, 6.45) is 2.41. The molecular weight excluding hydrogens is 376 g/mol. The lowest BCUT2D eigenvalue weighted by Gasteiger charge is -2.29. The van der Waals surface area contributed by atoms with E-state index < -0.39 is 6.04 Å². The maximum Gasteiger partial charge on any atom is 0.319 e. The Labute approximate surface area is 179 Å². The molecule has 3 amide bonds. The third-order valence-corrected chi connectivity index (χ3v) is 5.47. The molecule has 6 heteroatoms. The maximum absolute atomic E-state index is 13.2. The number of likely N-dealkylation sites (N-methyl/N-ethyl adjacent to an activating group) is 1. The van der Waals surface area contributed by atoms with Crippen LogP contribution in [0.25, 0.3) is 0 Å². The van der Waals surface area contributed by atoms with Crippen molar-refractivity contribution in [3.05, 3.63) is 60.2 Å². The molecule has 1 aliphatic rings. The molecule has 0 spiro atoms. The first kappa shape index (κ1) is 21.7. The van der Waals surface area contributed by atoms with Crippen LogP contribution in [-0.4, -0.2) is 43.0 Å². The first-order valence-corrected chi connectivity index (χ1v) is 10.7. The van der Waals surface area contributed by atoms with Crippen LogP contribution in [0, 0.1) is 5.92 Å². The number of amides is 3. The fourth-order valence-electron chi connectivity index (χ4n) is 3.83. The monoisotopic (exact) mass is 408 g/mol. The van der Waals surface area contributed by atoms with Gasteiger partial charge in [-0.05, 0) is 42.5 Å². The first-order chi connectivity index (χ1) is 14.5. The van der Waals surface area contributed by atoms with E-state index in [1.165, 1.54) is 18.5 Å². The van der Waals surface area contributed by atoms with E-state index in [-0.39, 0.29) is 17.9 Å². The van der Waals surface area contributed by atoms with E-state index in [1.54, 1.807) is 11.9 Å². The highest BCUT2D eigenvalue weighted by molar-refractivity contribution is 5.93. The molecule has 1 fully saturated rings. The Kier molecular flexibility index (Phi) is 7.33. The van der Waals surface area contributed by atoms with Gasteiger partial charge in [-0.25, -0.2) is 4.79 Å². The highest BCUT2D eigenvalue weighted by Gasteiger charge is 2.28. The average molecular weight is 409 g/mol. The zero-order chi connectivity index (χ0) is 21.5. The van der Waals surface area contributed by atoms with Crippen molar-refractivity contribution < 1.29 is 9.59 Å². The maximum atomic E-state index is 13.2. The van der Waals surface area contributed by atoms with Gasteiger partial charge in [0.05, 0.1) is 0 Å². The van der Waals surface area contributed by atoms with Crippen LogP contribution in [0.1, 0.15) is 32.3 Å². The molecule has 0 bridgehead atoms. The molecule has 1 aliphatic heterocycles. The van der Waals surface area contributed by atoms with Crippen LogP contribution in [0.15, 0.2) is 54.6 Å². The van der Waals surface area contributed by atoms with E-state index >= 15 is 0 Å². The van der Waals surface area contributed by atoms with Crippen LogP contribution in [0.5, 0.6) is 0 Å². The Hall–Kier alpha value is -3.02. The molecule has 1 unspecified atom stereocenters. The van der Waals surface area contributed by atoms with Crippen LogP contribution in [0.4, 0.5) is 16.2 Å². The normalized spacial score (nSPS) is 14.5. The lowest BCUT2D eigenvalue weighted by atomic mass is 10.0. The molecule has 2 N–H and O–H groups in total. The summed E-state index contributed by atoms with van der Waals surface area (Å²) in [6, 6.07) is 16.5. The number of nitrogens with one attached hydrogen (secondary N) is 2. The summed E-state index contributed by atoms with van der Waals surface area (Å²) in [5.41, 5.74) is 3.02. The summed E-state index contributed by atoms with van der Waals surface area (Å²) in [7, 11) is 1.80. The van der Waals surface area contributed by atoms with Gasteiger partial charge in [-0.2, -0.15) is 0 Å². The fourth-order valence-corrected chi connectivity index (χ4v) is 3.83. The minimum atomic E-state index is -0.599. The molecule has 6 nitrogen and oxygen atoms in total. The van der Waals surface area contributed by atoms with Gasteiger partial charge >= 0.3 is 6.03 Å². The number of nitrogens with zero attached hydrogens (tertiary/aromatic N) is 2. The summed E-state index contributed by atoms with van der Waals surface area (Å²) >= 11 is 0. The van der Waals surface area contributed by atoms with Crippen LogP contribution in [0.2, 0.25) is 0 Å². The summed E-state index contributed by atoms with van der Waals surface area (Å²) in [4.78, 5) is 29.7. The second-order valence-corrected chi connectivity index (χ2v) is 8.20. The minimum Gasteiger partial charge on any atom is -0.371 e. The van der Waals surface area contributed by atoms with Crippen molar-refractivity contribution in [2.24, 2.45) is 5.92 Å². The third kappa shape index (κ3) is 5.53. The van der Waals surface area contributed by atoms with Crippen LogP contribution in [-0.2, 0) is 11.3 Å². The van der Waals surface area contributed by atoms with Gasteiger partial charge in [0.1, 0.15) is 6.04 Å². The highest BCUT2D eigenvalue weighted by Crippen LogP contribution is 2.25. The molecular formula is C24H32N4O2. The lowest BCUT2D eigenvalue weighted by molar-refractivity contribution is -0.133. The largest absolute Gasteiger partial charge is 0.371 e. The number of hydrogen-bond acceptors (Lipinski definition) is 3. The van der Waals surface area contributed by atoms with Crippen molar-refractivity contribution in [1.29, 1.82) is 0 Å². The number of hydrogen-bond donors (Lipinski definition) is 2. The molecule has 1 heterocycles. The van der Waals surface area contributed by atoms with E-state index in [1.807, 2.05) is 56.3 Å². The summed E-state index contributed by atoms with van der Waals surface area (Å²) in [5.74, 6) is -0.125. The summed E-state index contributed by atoms with van der Waals surface area (Å²) in [6.45, 7) is 6.51. The quantitative estimate of drug-likeness (QED) is 0.725. The molecule has 1 saturated heterocycles. The van der Waals surface area contributed by atoms with Crippen LogP contribution >= 0.6 is 0 Å². The van der Waals surface area contributed by atoms with Gasteiger partial charge in [-0.3, -0.25) is 4.79 Å². The molecule has 1 atom stereocenters. The fraction of sp³-hybridized carbons (Fsp3) is 0.417. The van der Waals surface area contributed by atoms with Crippen molar-refractivity contribution in [2.45, 2.75) is 39.3 Å². The summed E-state index contributed by atoms with van der Waals surface area (Å²) in [5, 5.41) is 5.64. The number of anilines is 2. The zero-order valence-corrected chi connectivity index (χ0v) is 18.1. The SMILES string of the molecule is CC(C)C(NC(=O)Nc1ccccc1)C(=O)N(C)Cc1ccccc1N1CCCC1. The Morgan fingerprint density at radius 2 is 1.63 bits per heavy atom. The van der Waals surface area contributed by atoms with Crippen molar-refractivity contribution in [3.8, 4) is 0 Å². The van der Waals surface area contributed by atoms with Gasteiger partial charge in [0, 0.05) is 38.1 Å². The van der Waals surface area contributed by atoms with Gasteiger partial charge in [0.25, 0.3) is 0 Å². The van der Waals surface area contributed by atoms with E-state index in [0.29, 0.717) is 12.2 Å². The molecule has 2 aromatic rings. The van der Waals surface area contributed by atoms with Gasteiger partial charge in [-0.1, -0.05) is 50.2 Å².